The molecule has 5 nitrogen and oxygen atoms in total. The molecule has 0 aliphatic rings. The number of nitrogens with zero attached hydrogens (tertiary/aromatic N) is 1. The third-order valence-corrected chi connectivity index (χ3v) is 3.81. The van der Waals surface area contributed by atoms with E-state index in [-0.39, 0.29) is 12.4 Å². The molecule has 0 radical (unpaired) electrons. The molecule has 0 fully saturated rings. The molecule has 2 rings (SSSR count). The normalized spacial score (nSPS) is 11.0. The average Bonchev–Trinajstić information content (AvgIpc) is 2.48. The molecule has 0 amide bonds. The molecule has 0 heterocycles. The highest BCUT2D eigenvalue weighted by atomic mass is 32.2. The Bertz CT molecular complexity index is 737. The lowest BCUT2D eigenvalue weighted by Gasteiger charge is -2.08. The van der Waals surface area contributed by atoms with E-state index >= 15 is 0 Å². The van der Waals surface area contributed by atoms with Crippen molar-refractivity contribution in [3.8, 4) is 6.07 Å². The third-order valence-electron chi connectivity index (χ3n) is 2.75. The Morgan fingerprint density at radius 1 is 1.05 bits per heavy atom. The fourth-order valence-electron chi connectivity index (χ4n) is 1.77. The molecule has 6 heteroatoms. The first-order valence-electron chi connectivity index (χ1n) is 6.24. The lowest BCUT2D eigenvalue weighted by atomic mass is 10.1. The molecule has 0 unspecified atom stereocenters. The molecule has 2 aromatic carbocycles. The van der Waals surface area contributed by atoms with E-state index in [9.17, 15) is 8.42 Å². The van der Waals surface area contributed by atoms with Crippen LogP contribution in [0, 0.1) is 11.3 Å². The number of nitrogens with one attached hydrogen (secondary N) is 1. The smallest absolute Gasteiger partial charge is 0.237 e. The van der Waals surface area contributed by atoms with Gasteiger partial charge in [0.1, 0.15) is 0 Å². The Balaban J connectivity index is 1.95. The van der Waals surface area contributed by atoms with Gasteiger partial charge in [-0.25, -0.2) is 8.42 Å². The van der Waals surface area contributed by atoms with Crippen LogP contribution < -0.4 is 4.89 Å². The minimum atomic E-state index is -3.66. The van der Waals surface area contributed by atoms with Crippen molar-refractivity contribution in [2.75, 3.05) is 0 Å². The Kier molecular flexibility index (Phi) is 5.06. The molecular formula is C15H14N2O3S. The summed E-state index contributed by atoms with van der Waals surface area (Å²) in [4.78, 5) is 7.08. The van der Waals surface area contributed by atoms with E-state index in [2.05, 4.69) is 4.89 Å². The van der Waals surface area contributed by atoms with Gasteiger partial charge in [-0.1, -0.05) is 53.4 Å². The van der Waals surface area contributed by atoms with Gasteiger partial charge in [0.2, 0.25) is 10.0 Å². The van der Waals surface area contributed by atoms with Crippen molar-refractivity contribution in [3.05, 3.63) is 71.3 Å². The maximum Gasteiger partial charge on any atom is 0.237 e. The number of hydrogen-bond acceptors (Lipinski definition) is 4. The van der Waals surface area contributed by atoms with Gasteiger partial charge in [0.25, 0.3) is 0 Å². The van der Waals surface area contributed by atoms with Crippen molar-refractivity contribution in [1.29, 1.82) is 5.26 Å². The molecule has 0 aliphatic heterocycles. The van der Waals surface area contributed by atoms with Crippen molar-refractivity contribution < 1.29 is 13.3 Å². The zero-order chi connectivity index (χ0) is 15.1. The van der Waals surface area contributed by atoms with Crippen LogP contribution in [0.2, 0.25) is 0 Å². The van der Waals surface area contributed by atoms with Gasteiger partial charge in [-0.05, 0) is 17.2 Å². The van der Waals surface area contributed by atoms with Crippen LogP contribution in [0.15, 0.2) is 54.6 Å². The highest BCUT2D eigenvalue weighted by molar-refractivity contribution is 7.88. The third kappa shape index (κ3) is 4.68. The van der Waals surface area contributed by atoms with Gasteiger partial charge in [0, 0.05) is 0 Å². The molecule has 0 saturated heterocycles. The standard InChI is InChI=1S/C15H14N2O3S/c16-10-14-8-4-5-9-15(14)12-21(18,19)17-20-11-13-6-2-1-3-7-13/h1-9,17H,11-12H2. The van der Waals surface area contributed by atoms with E-state index in [1.165, 1.54) is 0 Å². The molecule has 0 saturated carbocycles. The number of sulfonamides is 1. The Hall–Kier alpha value is -2.20. The summed E-state index contributed by atoms with van der Waals surface area (Å²) in [5, 5.41) is 8.94. The summed E-state index contributed by atoms with van der Waals surface area (Å²) in [5.41, 5.74) is 1.64. The largest absolute Gasteiger partial charge is 0.282 e. The minimum absolute atomic E-state index is 0.139. The van der Waals surface area contributed by atoms with Gasteiger partial charge in [-0.2, -0.15) is 5.26 Å². The van der Waals surface area contributed by atoms with E-state index in [1.807, 2.05) is 36.4 Å². The number of benzene rings is 2. The van der Waals surface area contributed by atoms with Crippen molar-refractivity contribution in [2.45, 2.75) is 12.4 Å². The Morgan fingerprint density at radius 3 is 2.43 bits per heavy atom. The second-order valence-electron chi connectivity index (χ2n) is 4.39. The van der Waals surface area contributed by atoms with E-state index in [0.717, 1.165) is 5.56 Å². The van der Waals surface area contributed by atoms with E-state index in [1.54, 1.807) is 24.3 Å². The highest BCUT2D eigenvalue weighted by Gasteiger charge is 2.14. The predicted octanol–water partition coefficient (Wildman–Crippen LogP) is 2.11. The SMILES string of the molecule is N#Cc1ccccc1CS(=O)(=O)NOCc1ccccc1. The molecular weight excluding hydrogens is 288 g/mol. The van der Waals surface area contributed by atoms with Gasteiger partial charge in [0.15, 0.2) is 0 Å². The first-order chi connectivity index (χ1) is 10.1. The zero-order valence-corrected chi connectivity index (χ0v) is 12.0. The van der Waals surface area contributed by atoms with Gasteiger partial charge < -0.3 is 0 Å². The molecule has 2 aromatic rings. The number of rotatable bonds is 6. The quantitative estimate of drug-likeness (QED) is 0.829. The Labute approximate surface area is 123 Å². The van der Waals surface area contributed by atoms with Gasteiger partial charge in [0.05, 0.1) is 24.0 Å². The van der Waals surface area contributed by atoms with Gasteiger partial charge in [-0.15, -0.1) is 0 Å². The summed E-state index contributed by atoms with van der Waals surface area (Å²) < 4.78 is 23.8. The van der Waals surface area contributed by atoms with Crippen LogP contribution in [0.3, 0.4) is 0 Å². The summed E-state index contributed by atoms with van der Waals surface area (Å²) in [5.74, 6) is -0.300. The van der Waals surface area contributed by atoms with Crippen LogP contribution >= 0.6 is 0 Å². The number of hydrogen-bond donors (Lipinski definition) is 1. The van der Waals surface area contributed by atoms with E-state index in [0.29, 0.717) is 11.1 Å². The number of nitriles is 1. The van der Waals surface area contributed by atoms with Crippen molar-refractivity contribution in [3.63, 3.8) is 0 Å². The van der Waals surface area contributed by atoms with E-state index < -0.39 is 10.0 Å². The summed E-state index contributed by atoms with van der Waals surface area (Å²) >= 11 is 0. The van der Waals surface area contributed by atoms with Crippen LogP contribution in [0.1, 0.15) is 16.7 Å². The summed E-state index contributed by atoms with van der Waals surface area (Å²) in [6, 6.07) is 17.8. The predicted molar refractivity (Wildman–Crippen MR) is 78.1 cm³/mol. The second-order valence-corrected chi connectivity index (χ2v) is 6.07. The van der Waals surface area contributed by atoms with Crippen LogP contribution in [0.4, 0.5) is 0 Å². The molecule has 0 bridgehead atoms. The summed E-state index contributed by atoms with van der Waals surface area (Å²) in [7, 11) is -3.66. The maximum absolute atomic E-state index is 11.9. The first kappa shape index (κ1) is 15.2. The fourth-order valence-corrected chi connectivity index (χ4v) is 2.72. The molecule has 1 N–H and O–H groups in total. The average molecular weight is 302 g/mol. The van der Waals surface area contributed by atoms with Crippen LogP contribution in [-0.4, -0.2) is 8.42 Å². The van der Waals surface area contributed by atoms with Crippen LogP contribution in [0.25, 0.3) is 0 Å². The monoisotopic (exact) mass is 302 g/mol. The fraction of sp³-hybridized carbons (Fsp3) is 0.133. The molecule has 0 spiro atoms. The minimum Gasteiger partial charge on any atom is -0.282 e. The van der Waals surface area contributed by atoms with Crippen molar-refractivity contribution in [1.82, 2.24) is 4.89 Å². The van der Waals surface area contributed by atoms with Crippen LogP contribution in [-0.2, 0) is 27.2 Å². The summed E-state index contributed by atoms with van der Waals surface area (Å²) in [6.07, 6.45) is 0. The zero-order valence-electron chi connectivity index (χ0n) is 11.2. The first-order valence-corrected chi connectivity index (χ1v) is 7.89. The van der Waals surface area contributed by atoms with Crippen LogP contribution in [0.5, 0.6) is 0 Å². The summed E-state index contributed by atoms with van der Waals surface area (Å²) in [6.45, 7) is 0.139. The van der Waals surface area contributed by atoms with Gasteiger partial charge >= 0.3 is 0 Å². The van der Waals surface area contributed by atoms with Gasteiger partial charge in [-0.3, -0.25) is 4.84 Å². The molecule has 0 aliphatic carbocycles. The maximum atomic E-state index is 11.9. The Morgan fingerprint density at radius 2 is 1.71 bits per heavy atom. The second kappa shape index (κ2) is 6.99. The molecule has 21 heavy (non-hydrogen) atoms. The molecule has 0 aromatic heterocycles. The van der Waals surface area contributed by atoms with Crippen molar-refractivity contribution >= 4 is 10.0 Å². The van der Waals surface area contributed by atoms with E-state index in [4.69, 9.17) is 10.1 Å². The highest BCUT2D eigenvalue weighted by Crippen LogP contribution is 2.11. The lowest BCUT2D eigenvalue weighted by molar-refractivity contribution is 0.0794. The topological polar surface area (TPSA) is 79.2 Å². The lowest BCUT2D eigenvalue weighted by Crippen LogP contribution is -2.25. The molecule has 0 atom stereocenters. The van der Waals surface area contributed by atoms with Crippen molar-refractivity contribution in [2.24, 2.45) is 0 Å². The molecule has 108 valence electrons.